The summed E-state index contributed by atoms with van der Waals surface area (Å²) in [5.74, 6) is -0.0446. The van der Waals surface area contributed by atoms with E-state index in [0.717, 1.165) is 45.9 Å². The van der Waals surface area contributed by atoms with Gasteiger partial charge in [-0.15, -0.1) is 0 Å². The van der Waals surface area contributed by atoms with Crippen LogP contribution in [0.25, 0.3) is 0 Å². The van der Waals surface area contributed by atoms with Crippen molar-refractivity contribution in [3.8, 4) is 0 Å². The van der Waals surface area contributed by atoms with Gasteiger partial charge >= 0.3 is 0 Å². The fourth-order valence-electron chi connectivity index (χ4n) is 2.21. The Morgan fingerprint density at radius 1 is 1.25 bits per heavy atom. The Morgan fingerprint density at radius 2 is 1.95 bits per heavy atom. The number of hydrogen-bond acceptors (Lipinski definition) is 4. The molecule has 110 valence electrons. The lowest BCUT2D eigenvalue weighted by atomic mass is 10.1. The first-order chi connectivity index (χ1) is 9.79. The molecular formula is C15H23N3O2. The summed E-state index contributed by atoms with van der Waals surface area (Å²) in [6.07, 6.45) is 0. The van der Waals surface area contributed by atoms with Crippen LogP contribution in [0.2, 0.25) is 0 Å². The third kappa shape index (κ3) is 4.59. The Labute approximate surface area is 120 Å². The fourth-order valence-corrected chi connectivity index (χ4v) is 2.21. The smallest absolute Gasteiger partial charge is 0.251 e. The summed E-state index contributed by atoms with van der Waals surface area (Å²) < 4.78 is 5.32. The van der Waals surface area contributed by atoms with Crippen LogP contribution in [0.3, 0.4) is 0 Å². The first-order valence-corrected chi connectivity index (χ1v) is 7.11. The molecule has 0 aromatic heterocycles. The van der Waals surface area contributed by atoms with Gasteiger partial charge in [0.05, 0.1) is 13.2 Å². The number of carbonyl (C=O) groups is 1. The number of hydrogen-bond donors (Lipinski definition) is 2. The van der Waals surface area contributed by atoms with Crippen molar-refractivity contribution in [2.24, 2.45) is 0 Å². The molecule has 5 nitrogen and oxygen atoms in total. The topological polar surface area (TPSA) is 53.6 Å². The lowest BCUT2D eigenvalue weighted by molar-refractivity contribution is 0.0384. The molecule has 2 rings (SSSR count). The zero-order valence-corrected chi connectivity index (χ0v) is 12.0. The van der Waals surface area contributed by atoms with Crippen molar-refractivity contribution in [3.63, 3.8) is 0 Å². The zero-order valence-electron chi connectivity index (χ0n) is 12.0. The van der Waals surface area contributed by atoms with Gasteiger partial charge in [0.2, 0.25) is 0 Å². The fraction of sp³-hybridized carbons (Fsp3) is 0.533. The molecule has 1 heterocycles. The van der Waals surface area contributed by atoms with Crippen molar-refractivity contribution in [1.82, 2.24) is 15.5 Å². The van der Waals surface area contributed by atoms with E-state index in [0.29, 0.717) is 5.56 Å². The van der Waals surface area contributed by atoms with Gasteiger partial charge in [-0.2, -0.15) is 0 Å². The molecular weight excluding hydrogens is 254 g/mol. The van der Waals surface area contributed by atoms with Crippen LogP contribution in [0.1, 0.15) is 15.9 Å². The molecule has 1 fully saturated rings. The van der Waals surface area contributed by atoms with Gasteiger partial charge in [0.15, 0.2) is 0 Å². The van der Waals surface area contributed by atoms with Crippen molar-refractivity contribution in [2.75, 3.05) is 46.4 Å². The van der Waals surface area contributed by atoms with Crippen molar-refractivity contribution < 1.29 is 9.53 Å². The summed E-state index contributed by atoms with van der Waals surface area (Å²) in [6.45, 7) is 6.61. The molecule has 20 heavy (non-hydrogen) atoms. The largest absolute Gasteiger partial charge is 0.379 e. The van der Waals surface area contributed by atoms with Gasteiger partial charge in [-0.3, -0.25) is 9.69 Å². The van der Waals surface area contributed by atoms with Crippen LogP contribution in [0.4, 0.5) is 0 Å². The Hall–Kier alpha value is -1.43. The minimum absolute atomic E-state index is 0.0446. The Kier molecular flexibility index (Phi) is 5.98. The highest BCUT2D eigenvalue weighted by Crippen LogP contribution is 2.04. The molecule has 0 aliphatic carbocycles. The standard InChI is InChI=1S/C15H23N3O2/c1-16-15(19)14-4-2-13(3-5-14)12-17-6-7-18-8-10-20-11-9-18/h2-5,17H,6-12H2,1H3,(H,16,19). The van der Waals surface area contributed by atoms with Crippen LogP contribution >= 0.6 is 0 Å². The quantitative estimate of drug-likeness (QED) is 0.742. The van der Waals surface area contributed by atoms with Gasteiger partial charge < -0.3 is 15.4 Å². The number of rotatable bonds is 6. The Morgan fingerprint density at radius 3 is 2.60 bits per heavy atom. The molecule has 0 unspecified atom stereocenters. The maximum Gasteiger partial charge on any atom is 0.251 e. The molecule has 0 bridgehead atoms. The van der Waals surface area contributed by atoms with Gasteiger partial charge in [-0.1, -0.05) is 12.1 Å². The molecule has 0 radical (unpaired) electrons. The second kappa shape index (κ2) is 7.99. The van der Waals surface area contributed by atoms with Gasteiger partial charge in [-0.25, -0.2) is 0 Å². The second-order valence-corrected chi connectivity index (χ2v) is 4.91. The number of carbonyl (C=O) groups excluding carboxylic acids is 1. The molecule has 1 saturated heterocycles. The van der Waals surface area contributed by atoms with E-state index in [1.54, 1.807) is 7.05 Å². The number of nitrogens with one attached hydrogen (secondary N) is 2. The third-order valence-corrected chi connectivity index (χ3v) is 3.48. The van der Waals surface area contributed by atoms with Gasteiger partial charge in [0.1, 0.15) is 0 Å². The molecule has 5 heteroatoms. The number of morpholine rings is 1. The van der Waals surface area contributed by atoms with Crippen molar-refractivity contribution in [2.45, 2.75) is 6.54 Å². The van der Waals surface area contributed by atoms with E-state index in [2.05, 4.69) is 15.5 Å². The highest BCUT2D eigenvalue weighted by atomic mass is 16.5. The van der Waals surface area contributed by atoms with Gasteiger partial charge in [0.25, 0.3) is 5.91 Å². The average molecular weight is 277 g/mol. The van der Waals surface area contributed by atoms with Gasteiger partial charge in [-0.05, 0) is 17.7 Å². The number of amides is 1. The van der Waals surface area contributed by atoms with Crippen molar-refractivity contribution >= 4 is 5.91 Å². The van der Waals surface area contributed by atoms with Crippen molar-refractivity contribution in [1.29, 1.82) is 0 Å². The molecule has 1 amide bonds. The van der Waals surface area contributed by atoms with E-state index >= 15 is 0 Å². The Balaban J connectivity index is 1.67. The maximum absolute atomic E-state index is 11.4. The molecule has 0 spiro atoms. The Bertz CT molecular complexity index is 414. The third-order valence-electron chi connectivity index (χ3n) is 3.48. The number of benzene rings is 1. The van der Waals surface area contributed by atoms with E-state index < -0.39 is 0 Å². The van der Waals surface area contributed by atoms with Gasteiger partial charge in [0, 0.05) is 45.3 Å². The van der Waals surface area contributed by atoms with Crippen LogP contribution in [-0.4, -0.2) is 57.2 Å². The monoisotopic (exact) mass is 277 g/mol. The summed E-state index contributed by atoms with van der Waals surface area (Å²) in [5.41, 5.74) is 1.89. The molecule has 0 saturated carbocycles. The van der Waals surface area contributed by atoms with E-state index in [1.165, 1.54) is 5.56 Å². The number of ether oxygens (including phenoxy) is 1. The van der Waals surface area contributed by atoms with Crippen LogP contribution in [-0.2, 0) is 11.3 Å². The highest BCUT2D eigenvalue weighted by molar-refractivity contribution is 5.93. The summed E-state index contributed by atoms with van der Waals surface area (Å²) in [6, 6.07) is 7.70. The van der Waals surface area contributed by atoms with E-state index in [9.17, 15) is 4.79 Å². The predicted molar refractivity (Wildman–Crippen MR) is 78.8 cm³/mol. The lowest BCUT2D eigenvalue weighted by Crippen LogP contribution is -2.40. The van der Waals surface area contributed by atoms with Crippen LogP contribution in [0, 0.1) is 0 Å². The first-order valence-electron chi connectivity index (χ1n) is 7.11. The molecule has 1 aliphatic rings. The summed E-state index contributed by atoms with van der Waals surface area (Å²) in [5, 5.41) is 6.05. The molecule has 0 atom stereocenters. The molecule has 1 aliphatic heterocycles. The summed E-state index contributed by atoms with van der Waals surface area (Å²) >= 11 is 0. The molecule has 1 aromatic carbocycles. The first kappa shape index (κ1) is 15.0. The van der Waals surface area contributed by atoms with Crippen molar-refractivity contribution in [3.05, 3.63) is 35.4 Å². The number of nitrogens with zero attached hydrogens (tertiary/aromatic N) is 1. The van der Waals surface area contributed by atoms with Crippen LogP contribution in [0.15, 0.2) is 24.3 Å². The normalized spacial score (nSPS) is 16.1. The molecule has 1 aromatic rings. The lowest BCUT2D eigenvalue weighted by Gasteiger charge is -2.26. The van der Waals surface area contributed by atoms with E-state index in [-0.39, 0.29) is 5.91 Å². The highest BCUT2D eigenvalue weighted by Gasteiger charge is 2.09. The summed E-state index contributed by atoms with van der Waals surface area (Å²) in [7, 11) is 1.64. The van der Waals surface area contributed by atoms with Crippen LogP contribution < -0.4 is 10.6 Å². The van der Waals surface area contributed by atoms with E-state index in [1.807, 2.05) is 24.3 Å². The summed E-state index contributed by atoms with van der Waals surface area (Å²) in [4.78, 5) is 13.8. The van der Waals surface area contributed by atoms with Crippen LogP contribution in [0.5, 0.6) is 0 Å². The average Bonchev–Trinajstić information content (AvgIpc) is 2.52. The van der Waals surface area contributed by atoms with E-state index in [4.69, 9.17) is 4.74 Å². The minimum Gasteiger partial charge on any atom is -0.379 e. The predicted octanol–water partition coefficient (Wildman–Crippen LogP) is 0.468. The second-order valence-electron chi connectivity index (χ2n) is 4.91. The minimum atomic E-state index is -0.0446. The molecule has 2 N–H and O–H groups in total. The maximum atomic E-state index is 11.4. The SMILES string of the molecule is CNC(=O)c1ccc(CNCCN2CCOCC2)cc1. The zero-order chi connectivity index (χ0) is 14.2.